The van der Waals surface area contributed by atoms with Gasteiger partial charge in [-0.3, -0.25) is 9.69 Å². The summed E-state index contributed by atoms with van der Waals surface area (Å²) in [6.07, 6.45) is 1.85. The first kappa shape index (κ1) is 23.6. The molecule has 1 aromatic heterocycles. The Morgan fingerprint density at radius 1 is 1.12 bits per heavy atom. The van der Waals surface area contributed by atoms with Crippen molar-refractivity contribution in [2.45, 2.75) is 13.5 Å². The van der Waals surface area contributed by atoms with Gasteiger partial charge in [-0.05, 0) is 36.2 Å². The summed E-state index contributed by atoms with van der Waals surface area (Å²) in [5.74, 6) is -0.458. The van der Waals surface area contributed by atoms with E-state index in [0.717, 1.165) is 49.5 Å². The van der Waals surface area contributed by atoms with Crippen molar-refractivity contribution >= 4 is 11.9 Å². The number of benzene rings is 2. The molecule has 1 N–H and O–H groups in total. The van der Waals surface area contributed by atoms with Crippen LogP contribution in [0.15, 0.2) is 48.7 Å². The summed E-state index contributed by atoms with van der Waals surface area (Å²) in [7, 11) is 1.36. The fraction of sp³-hybridized carbons (Fsp3) is 0.360. The van der Waals surface area contributed by atoms with Crippen LogP contribution >= 0.6 is 0 Å². The van der Waals surface area contributed by atoms with Crippen molar-refractivity contribution in [3.8, 4) is 11.3 Å². The van der Waals surface area contributed by atoms with E-state index in [-0.39, 0.29) is 11.9 Å². The molecule has 0 bridgehead atoms. The molecule has 3 aromatic rings. The van der Waals surface area contributed by atoms with Gasteiger partial charge in [-0.1, -0.05) is 29.5 Å². The third-order valence-corrected chi connectivity index (χ3v) is 5.85. The van der Waals surface area contributed by atoms with Gasteiger partial charge in [0.2, 0.25) is 0 Å². The number of esters is 1. The zero-order chi connectivity index (χ0) is 23.9. The van der Waals surface area contributed by atoms with Gasteiger partial charge in [0.25, 0.3) is 5.91 Å². The van der Waals surface area contributed by atoms with Gasteiger partial charge in [0.05, 0.1) is 38.6 Å². The molecule has 0 spiro atoms. The normalized spacial score (nSPS) is 14.1. The summed E-state index contributed by atoms with van der Waals surface area (Å²) >= 11 is 0. The second-order valence-corrected chi connectivity index (χ2v) is 8.23. The van der Waals surface area contributed by atoms with E-state index >= 15 is 0 Å². The molecule has 9 heteroatoms. The number of nitrogens with zero attached hydrogens (tertiary/aromatic N) is 4. The summed E-state index contributed by atoms with van der Waals surface area (Å²) in [5, 5.41) is 11.5. The summed E-state index contributed by atoms with van der Waals surface area (Å²) in [6.45, 7) is 7.12. The molecule has 1 saturated heterocycles. The minimum absolute atomic E-state index is 0.0919. The lowest BCUT2D eigenvalue weighted by atomic mass is 10.0. The average Bonchev–Trinajstić information content (AvgIpc) is 3.33. The maximum Gasteiger partial charge on any atom is 0.337 e. The van der Waals surface area contributed by atoms with E-state index in [0.29, 0.717) is 29.9 Å². The third-order valence-electron chi connectivity index (χ3n) is 5.85. The van der Waals surface area contributed by atoms with Crippen LogP contribution in [-0.4, -0.2) is 78.3 Å². The largest absolute Gasteiger partial charge is 0.465 e. The van der Waals surface area contributed by atoms with Crippen molar-refractivity contribution in [2.24, 2.45) is 0 Å². The van der Waals surface area contributed by atoms with Crippen molar-refractivity contribution in [3.05, 3.63) is 70.9 Å². The number of carbonyl (C=O) groups excluding carboxylic acids is 2. The number of aromatic nitrogens is 3. The number of rotatable bonds is 8. The Morgan fingerprint density at radius 2 is 1.88 bits per heavy atom. The van der Waals surface area contributed by atoms with Gasteiger partial charge < -0.3 is 14.8 Å². The Bertz CT molecular complexity index is 1140. The molecule has 2 heterocycles. The molecule has 0 saturated carbocycles. The molecular weight excluding hydrogens is 434 g/mol. The number of amides is 1. The molecule has 178 valence electrons. The topological polar surface area (TPSA) is 98.6 Å². The highest BCUT2D eigenvalue weighted by atomic mass is 16.5. The van der Waals surface area contributed by atoms with Gasteiger partial charge in [-0.25, -0.2) is 9.48 Å². The van der Waals surface area contributed by atoms with E-state index in [1.54, 1.807) is 16.8 Å². The maximum absolute atomic E-state index is 12.8. The smallest absolute Gasteiger partial charge is 0.337 e. The van der Waals surface area contributed by atoms with Crippen LogP contribution in [0.5, 0.6) is 0 Å². The summed E-state index contributed by atoms with van der Waals surface area (Å²) in [5.41, 5.74) is 4.54. The highest BCUT2D eigenvalue weighted by molar-refractivity contribution is 5.96. The number of hydrogen-bond acceptors (Lipinski definition) is 7. The molecular formula is C25H29N5O4. The monoisotopic (exact) mass is 463 g/mol. The standard InChI is InChI=1S/C25H29N5O4/c1-18-3-6-21(15-22(18)24(31)26-9-10-29-11-13-34-14-12-29)23-17-30(28-27-23)16-19-4-7-20(8-5-19)25(32)33-2/h3-8,15,17H,9-14,16H2,1-2H3,(H,26,31). The molecule has 0 aliphatic carbocycles. The number of morpholine rings is 1. The fourth-order valence-corrected chi connectivity index (χ4v) is 3.83. The van der Waals surface area contributed by atoms with E-state index in [1.807, 2.05) is 43.5 Å². The lowest BCUT2D eigenvalue weighted by Gasteiger charge is -2.26. The van der Waals surface area contributed by atoms with Crippen LogP contribution < -0.4 is 5.32 Å². The van der Waals surface area contributed by atoms with Gasteiger partial charge >= 0.3 is 5.97 Å². The molecule has 9 nitrogen and oxygen atoms in total. The lowest BCUT2D eigenvalue weighted by molar-refractivity contribution is 0.0383. The lowest BCUT2D eigenvalue weighted by Crippen LogP contribution is -2.41. The van der Waals surface area contributed by atoms with E-state index < -0.39 is 0 Å². The quantitative estimate of drug-likeness (QED) is 0.511. The van der Waals surface area contributed by atoms with Gasteiger partial charge in [0, 0.05) is 37.3 Å². The van der Waals surface area contributed by atoms with Crippen LogP contribution in [0.3, 0.4) is 0 Å². The van der Waals surface area contributed by atoms with Crippen LogP contribution in [0, 0.1) is 6.92 Å². The number of nitrogens with one attached hydrogen (secondary N) is 1. The van der Waals surface area contributed by atoms with Crippen LogP contribution in [-0.2, 0) is 16.0 Å². The average molecular weight is 464 g/mol. The molecule has 2 aromatic carbocycles. The molecule has 1 aliphatic rings. The predicted octanol–water partition coefficient (Wildman–Crippen LogP) is 2.15. The molecule has 1 aliphatic heterocycles. The van der Waals surface area contributed by atoms with Crippen LogP contribution in [0.2, 0.25) is 0 Å². The minimum Gasteiger partial charge on any atom is -0.465 e. The summed E-state index contributed by atoms with van der Waals surface area (Å²) < 4.78 is 11.8. The van der Waals surface area contributed by atoms with Crippen molar-refractivity contribution in [3.63, 3.8) is 0 Å². The molecule has 0 atom stereocenters. The zero-order valence-electron chi connectivity index (χ0n) is 19.5. The Labute approximate surface area is 198 Å². The Morgan fingerprint density at radius 3 is 2.62 bits per heavy atom. The molecule has 4 rings (SSSR count). The third kappa shape index (κ3) is 5.86. The molecule has 34 heavy (non-hydrogen) atoms. The number of carbonyl (C=O) groups is 2. The van der Waals surface area contributed by atoms with Crippen LogP contribution in [0.25, 0.3) is 11.3 Å². The van der Waals surface area contributed by atoms with Gasteiger partial charge in [0.15, 0.2) is 0 Å². The number of aryl methyl sites for hydroxylation is 1. The molecule has 0 radical (unpaired) electrons. The zero-order valence-corrected chi connectivity index (χ0v) is 19.5. The Hall–Kier alpha value is -3.56. The van der Waals surface area contributed by atoms with Gasteiger partial charge in [-0.15, -0.1) is 5.10 Å². The van der Waals surface area contributed by atoms with E-state index in [4.69, 9.17) is 9.47 Å². The first-order chi connectivity index (χ1) is 16.5. The Balaban J connectivity index is 1.39. The summed E-state index contributed by atoms with van der Waals surface area (Å²) in [4.78, 5) is 26.7. The van der Waals surface area contributed by atoms with Crippen LogP contribution in [0.1, 0.15) is 31.8 Å². The minimum atomic E-state index is -0.366. The Kier molecular flexibility index (Phi) is 7.66. The van der Waals surface area contributed by atoms with Gasteiger partial charge in [0.1, 0.15) is 5.69 Å². The van der Waals surface area contributed by atoms with Gasteiger partial charge in [-0.2, -0.15) is 0 Å². The van der Waals surface area contributed by atoms with Crippen molar-refractivity contribution < 1.29 is 19.1 Å². The van der Waals surface area contributed by atoms with Crippen molar-refractivity contribution in [2.75, 3.05) is 46.5 Å². The van der Waals surface area contributed by atoms with Crippen molar-refractivity contribution in [1.82, 2.24) is 25.2 Å². The number of hydrogen-bond donors (Lipinski definition) is 1. The molecule has 0 unspecified atom stereocenters. The second kappa shape index (κ2) is 11.0. The second-order valence-electron chi connectivity index (χ2n) is 8.23. The molecule has 1 amide bonds. The highest BCUT2D eigenvalue weighted by Gasteiger charge is 2.14. The number of ether oxygens (including phenoxy) is 2. The summed E-state index contributed by atoms with van der Waals surface area (Å²) in [6, 6.07) is 12.9. The van der Waals surface area contributed by atoms with E-state index in [2.05, 4.69) is 20.5 Å². The molecule has 1 fully saturated rings. The van der Waals surface area contributed by atoms with Crippen LogP contribution in [0.4, 0.5) is 0 Å². The number of methoxy groups -OCH3 is 1. The SMILES string of the molecule is COC(=O)c1ccc(Cn2cc(-c3ccc(C)c(C(=O)NCCN4CCOCC4)c3)nn2)cc1. The maximum atomic E-state index is 12.8. The first-order valence-corrected chi connectivity index (χ1v) is 11.3. The predicted molar refractivity (Wildman–Crippen MR) is 127 cm³/mol. The van der Waals surface area contributed by atoms with E-state index in [1.165, 1.54) is 7.11 Å². The van der Waals surface area contributed by atoms with Crippen molar-refractivity contribution in [1.29, 1.82) is 0 Å². The highest BCUT2D eigenvalue weighted by Crippen LogP contribution is 2.21. The first-order valence-electron chi connectivity index (χ1n) is 11.3. The van der Waals surface area contributed by atoms with E-state index in [9.17, 15) is 9.59 Å². The fourth-order valence-electron chi connectivity index (χ4n) is 3.83.